The summed E-state index contributed by atoms with van der Waals surface area (Å²) in [7, 11) is -3.47. The lowest BCUT2D eigenvalue weighted by Gasteiger charge is -2.26. The number of anilines is 1. The summed E-state index contributed by atoms with van der Waals surface area (Å²) < 4.78 is 31.6. The van der Waals surface area contributed by atoms with Crippen molar-refractivity contribution in [3.8, 4) is 0 Å². The predicted molar refractivity (Wildman–Crippen MR) is 117 cm³/mol. The number of hydrogen-bond acceptors (Lipinski definition) is 4. The second kappa shape index (κ2) is 10.4. The molecule has 0 radical (unpaired) electrons. The fourth-order valence-corrected chi connectivity index (χ4v) is 4.11. The molecular weight excluding hydrogens is 388 g/mol. The van der Waals surface area contributed by atoms with Gasteiger partial charge in [0.1, 0.15) is 0 Å². The van der Waals surface area contributed by atoms with Crippen LogP contribution in [0.4, 0.5) is 5.69 Å². The Labute approximate surface area is 173 Å². The number of nitrogens with one attached hydrogen (secondary N) is 1. The fraction of sp³-hybridized carbons (Fsp3) is 0.409. The summed E-state index contributed by atoms with van der Waals surface area (Å²) in [5.41, 5.74) is 3.86. The van der Waals surface area contributed by atoms with Gasteiger partial charge < -0.3 is 10.1 Å². The molecule has 0 spiro atoms. The molecule has 29 heavy (non-hydrogen) atoms. The zero-order chi connectivity index (χ0) is 21.4. The third-order valence-corrected chi connectivity index (χ3v) is 5.70. The summed E-state index contributed by atoms with van der Waals surface area (Å²) >= 11 is 0. The van der Waals surface area contributed by atoms with Crippen molar-refractivity contribution in [3.63, 3.8) is 0 Å². The van der Waals surface area contributed by atoms with Crippen LogP contribution in [0.3, 0.4) is 0 Å². The number of benzene rings is 2. The zero-order valence-electron chi connectivity index (χ0n) is 17.6. The monoisotopic (exact) mass is 418 g/mol. The number of carbonyl (C=O) groups is 1. The van der Waals surface area contributed by atoms with Crippen LogP contribution < -0.4 is 9.62 Å². The molecule has 0 saturated heterocycles. The third-order valence-electron chi connectivity index (χ3n) is 4.59. The Balaban J connectivity index is 2.11. The maximum atomic E-state index is 12.5. The molecule has 0 saturated carbocycles. The van der Waals surface area contributed by atoms with E-state index < -0.39 is 10.0 Å². The Hall–Kier alpha value is -2.38. The largest absolute Gasteiger partial charge is 0.382 e. The molecule has 2 aromatic carbocycles. The normalized spacial score (nSPS) is 11.3. The van der Waals surface area contributed by atoms with Gasteiger partial charge in [-0.1, -0.05) is 30.3 Å². The Morgan fingerprint density at radius 1 is 1.07 bits per heavy atom. The van der Waals surface area contributed by atoms with E-state index in [1.165, 1.54) is 10.6 Å². The summed E-state index contributed by atoms with van der Waals surface area (Å²) in [5.74, 6) is -0.150. The summed E-state index contributed by atoms with van der Waals surface area (Å²) in [4.78, 5) is 12.2. The molecule has 0 atom stereocenters. The summed E-state index contributed by atoms with van der Waals surface area (Å²) in [6.07, 6.45) is 1.97. The first-order valence-electron chi connectivity index (χ1n) is 9.73. The van der Waals surface area contributed by atoms with Crippen LogP contribution in [0, 0.1) is 13.8 Å². The molecule has 2 rings (SSSR count). The molecule has 1 amide bonds. The van der Waals surface area contributed by atoms with Crippen molar-refractivity contribution in [3.05, 3.63) is 64.7 Å². The summed E-state index contributed by atoms with van der Waals surface area (Å²) in [6, 6.07) is 12.7. The molecule has 158 valence electrons. The van der Waals surface area contributed by atoms with Crippen molar-refractivity contribution < 1.29 is 17.9 Å². The Morgan fingerprint density at radius 2 is 1.69 bits per heavy atom. The molecule has 0 aromatic heterocycles. The molecule has 0 aliphatic heterocycles. The number of para-hydroxylation sites is 1. The van der Waals surface area contributed by atoms with Gasteiger partial charge in [-0.3, -0.25) is 9.10 Å². The molecule has 0 fully saturated rings. The maximum Gasteiger partial charge on any atom is 0.251 e. The van der Waals surface area contributed by atoms with Crippen molar-refractivity contribution in [2.75, 3.05) is 30.3 Å². The molecule has 0 heterocycles. The van der Waals surface area contributed by atoms with Crippen LogP contribution in [-0.4, -0.2) is 40.3 Å². The van der Waals surface area contributed by atoms with Crippen LogP contribution in [0.2, 0.25) is 0 Å². The first kappa shape index (κ1) is 22.9. The minimum atomic E-state index is -3.47. The summed E-state index contributed by atoms with van der Waals surface area (Å²) in [5, 5.41) is 2.86. The number of hydrogen-bond donors (Lipinski definition) is 1. The van der Waals surface area contributed by atoms with Crippen molar-refractivity contribution >= 4 is 21.6 Å². The number of carbonyl (C=O) groups excluding carboxylic acids is 1. The van der Waals surface area contributed by atoms with Gasteiger partial charge in [-0.15, -0.1) is 0 Å². The van der Waals surface area contributed by atoms with Gasteiger partial charge in [-0.25, -0.2) is 8.42 Å². The Bertz CT molecular complexity index is 904. The lowest BCUT2D eigenvalue weighted by molar-refractivity contribution is 0.0944. The van der Waals surface area contributed by atoms with Crippen molar-refractivity contribution in [2.24, 2.45) is 0 Å². The van der Waals surface area contributed by atoms with Gasteiger partial charge in [-0.2, -0.15) is 0 Å². The number of rotatable bonds is 10. The van der Waals surface area contributed by atoms with Crippen LogP contribution in [0.5, 0.6) is 0 Å². The predicted octanol–water partition coefficient (Wildman–Crippen LogP) is 3.43. The highest BCUT2D eigenvalue weighted by Crippen LogP contribution is 2.28. The molecule has 0 unspecified atom stereocenters. The van der Waals surface area contributed by atoms with Crippen LogP contribution >= 0.6 is 0 Å². The minimum Gasteiger partial charge on any atom is -0.382 e. The standard InChI is InChI=1S/C22H30N2O4S/c1-5-28-15-7-14-23-22(25)20-12-10-19(11-13-20)16-24(29(4,26)27)21-17(2)8-6-9-18(21)3/h6,8-13H,5,7,14-16H2,1-4H3,(H,23,25). The molecule has 0 aliphatic rings. The summed E-state index contributed by atoms with van der Waals surface area (Å²) in [6.45, 7) is 7.79. The van der Waals surface area contributed by atoms with Crippen molar-refractivity contribution in [1.29, 1.82) is 0 Å². The molecule has 0 aliphatic carbocycles. The highest BCUT2D eigenvalue weighted by Gasteiger charge is 2.21. The molecule has 1 N–H and O–H groups in total. The van der Waals surface area contributed by atoms with Crippen LogP contribution in [0.15, 0.2) is 42.5 Å². The van der Waals surface area contributed by atoms with Crippen LogP contribution in [0.25, 0.3) is 0 Å². The van der Waals surface area contributed by atoms with Gasteiger partial charge in [-0.05, 0) is 56.0 Å². The smallest absolute Gasteiger partial charge is 0.251 e. The van der Waals surface area contributed by atoms with Gasteiger partial charge in [0.25, 0.3) is 5.91 Å². The van der Waals surface area contributed by atoms with Gasteiger partial charge in [0.15, 0.2) is 0 Å². The van der Waals surface area contributed by atoms with E-state index >= 15 is 0 Å². The van der Waals surface area contributed by atoms with Gasteiger partial charge >= 0.3 is 0 Å². The quantitative estimate of drug-likeness (QED) is 0.600. The highest BCUT2D eigenvalue weighted by atomic mass is 32.2. The zero-order valence-corrected chi connectivity index (χ0v) is 18.4. The van der Waals surface area contributed by atoms with Crippen LogP contribution in [0.1, 0.15) is 40.4 Å². The van der Waals surface area contributed by atoms with Gasteiger partial charge in [0, 0.05) is 25.3 Å². The number of aryl methyl sites for hydroxylation is 2. The minimum absolute atomic E-state index is 0.150. The Morgan fingerprint density at radius 3 is 2.24 bits per heavy atom. The van der Waals surface area contributed by atoms with E-state index in [9.17, 15) is 13.2 Å². The van der Waals surface area contributed by atoms with E-state index in [0.717, 1.165) is 23.1 Å². The first-order chi connectivity index (χ1) is 13.7. The second-order valence-electron chi connectivity index (χ2n) is 7.01. The molecule has 0 bridgehead atoms. The number of ether oxygens (including phenoxy) is 1. The lowest BCUT2D eigenvalue weighted by Crippen LogP contribution is -2.30. The van der Waals surface area contributed by atoms with E-state index in [1.807, 2.05) is 39.0 Å². The molecule has 7 heteroatoms. The van der Waals surface area contributed by atoms with Crippen molar-refractivity contribution in [2.45, 2.75) is 33.7 Å². The fourth-order valence-electron chi connectivity index (χ4n) is 3.11. The lowest BCUT2D eigenvalue weighted by atomic mass is 10.1. The molecule has 2 aromatic rings. The van der Waals surface area contributed by atoms with E-state index in [-0.39, 0.29) is 12.5 Å². The third kappa shape index (κ3) is 6.58. The van der Waals surface area contributed by atoms with E-state index in [2.05, 4.69) is 5.32 Å². The maximum absolute atomic E-state index is 12.5. The van der Waals surface area contributed by atoms with E-state index in [4.69, 9.17) is 4.74 Å². The number of amides is 1. The van der Waals surface area contributed by atoms with Gasteiger partial charge in [0.2, 0.25) is 10.0 Å². The SMILES string of the molecule is CCOCCCNC(=O)c1ccc(CN(c2c(C)cccc2C)S(C)(=O)=O)cc1. The van der Waals surface area contributed by atoms with Crippen LogP contribution in [-0.2, 0) is 21.3 Å². The number of sulfonamides is 1. The highest BCUT2D eigenvalue weighted by molar-refractivity contribution is 7.92. The second-order valence-corrected chi connectivity index (χ2v) is 8.92. The van der Waals surface area contributed by atoms with E-state index in [0.29, 0.717) is 31.0 Å². The van der Waals surface area contributed by atoms with Crippen molar-refractivity contribution in [1.82, 2.24) is 5.32 Å². The molecule has 6 nitrogen and oxygen atoms in total. The first-order valence-corrected chi connectivity index (χ1v) is 11.6. The van der Waals surface area contributed by atoms with E-state index in [1.54, 1.807) is 24.3 Å². The van der Waals surface area contributed by atoms with Gasteiger partial charge in [0.05, 0.1) is 18.5 Å². The number of nitrogens with zero attached hydrogens (tertiary/aromatic N) is 1. The molecular formula is C22H30N2O4S. The topological polar surface area (TPSA) is 75.7 Å². The average molecular weight is 419 g/mol. The Kier molecular flexibility index (Phi) is 8.22. The average Bonchev–Trinajstić information content (AvgIpc) is 2.66.